The molecule has 2 N–H and O–H groups in total. The number of nitrogens with one attached hydrogen (secondary N) is 2. The molecule has 0 fully saturated rings. The number of carbonyl (C=O) groups excluding carboxylic acids is 1. The zero-order chi connectivity index (χ0) is 11.1. The third kappa shape index (κ3) is 4.16. The van der Waals surface area contributed by atoms with Gasteiger partial charge in [-0.2, -0.15) is 0 Å². The Morgan fingerprint density at radius 2 is 2.40 bits per heavy atom. The molecule has 0 aliphatic rings. The van der Waals surface area contributed by atoms with Crippen molar-refractivity contribution in [3.05, 3.63) is 24.2 Å². The highest BCUT2D eigenvalue weighted by Crippen LogP contribution is 2.11. The minimum Gasteiger partial charge on any atom is -0.468 e. The van der Waals surface area contributed by atoms with E-state index in [4.69, 9.17) is 4.42 Å². The van der Waals surface area contributed by atoms with Gasteiger partial charge in [0, 0.05) is 13.5 Å². The lowest BCUT2D eigenvalue weighted by Crippen LogP contribution is -2.22. The van der Waals surface area contributed by atoms with E-state index in [1.54, 1.807) is 13.3 Å². The second kappa shape index (κ2) is 6.24. The maximum Gasteiger partial charge on any atom is 0.219 e. The Morgan fingerprint density at radius 3 is 3.00 bits per heavy atom. The summed E-state index contributed by atoms with van der Waals surface area (Å²) in [6.07, 6.45) is 3.07. The number of rotatable bonds is 6. The summed E-state index contributed by atoms with van der Waals surface area (Å²) in [6.45, 7) is 2.86. The van der Waals surface area contributed by atoms with E-state index in [1.165, 1.54) is 0 Å². The summed E-state index contributed by atoms with van der Waals surface area (Å²) in [6, 6.07) is 4.01. The van der Waals surface area contributed by atoms with Gasteiger partial charge in [-0.25, -0.2) is 0 Å². The normalized spacial score (nSPS) is 12.4. The highest BCUT2D eigenvalue weighted by molar-refractivity contribution is 5.75. The zero-order valence-electron chi connectivity index (χ0n) is 9.25. The summed E-state index contributed by atoms with van der Waals surface area (Å²) in [7, 11) is 1.65. The smallest absolute Gasteiger partial charge is 0.219 e. The largest absolute Gasteiger partial charge is 0.468 e. The maximum absolute atomic E-state index is 10.9. The van der Waals surface area contributed by atoms with E-state index in [2.05, 4.69) is 10.6 Å². The Labute approximate surface area is 90.0 Å². The highest BCUT2D eigenvalue weighted by atomic mass is 16.3. The molecule has 0 aromatic carbocycles. The molecule has 1 unspecified atom stereocenters. The molecular formula is C11H18N2O2. The van der Waals surface area contributed by atoms with Gasteiger partial charge in [-0.3, -0.25) is 4.79 Å². The quantitative estimate of drug-likeness (QED) is 0.699. The third-order valence-corrected chi connectivity index (χ3v) is 2.28. The zero-order valence-corrected chi connectivity index (χ0v) is 9.25. The van der Waals surface area contributed by atoms with Gasteiger partial charge in [-0.15, -0.1) is 0 Å². The molecule has 0 spiro atoms. The molecule has 0 aliphatic carbocycles. The summed E-state index contributed by atoms with van der Waals surface area (Å²) in [5, 5.41) is 5.89. The van der Waals surface area contributed by atoms with Crippen molar-refractivity contribution in [2.45, 2.75) is 25.8 Å². The van der Waals surface area contributed by atoms with E-state index in [-0.39, 0.29) is 11.9 Å². The molecule has 4 heteroatoms. The first-order valence-corrected chi connectivity index (χ1v) is 5.21. The van der Waals surface area contributed by atoms with E-state index in [0.29, 0.717) is 6.42 Å². The Balaban J connectivity index is 2.13. The minimum atomic E-state index is 0.0856. The molecule has 1 aromatic rings. The van der Waals surface area contributed by atoms with E-state index >= 15 is 0 Å². The molecule has 0 aliphatic heterocycles. The standard InChI is InChI=1S/C11H18N2O2/c1-9(10-5-4-8-15-10)13-7-3-6-11(14)12-2/h4-5,8-9,13H,3,6-7H2,1-2H3,(H,12,14). The van der Waals surface area contributed by atoms with Crippen LogP contribution in [0, 0.1) is 0 Å². The molecule has 1 rings (SSSR count). The van der Waals surface area contributed by atoms with Gasteiger partial charge in [0.15, 0.2) is 0 Å². The molecule has 0 radical (unpaired) electrons. The molecule has 1 heterocycles. The third-order valence-electron chi connectivity index (χ3n) is 2.28. The van der Waals surface area contributed by atoms with Crippen LogP contribution in [0.3, 0.4) is 0 Å². The van der Waals surface area contributed by atoms with Crippen molar-refractivity contribution < 1.29 is 9.21 Å². The van der Waals surface area contributed by atoms with Crippen LogP contribution in [-0.4, -0.2) is 19.5 Å². The van der Waals surface area contributed by atoms with Crippen LogP contribution >= 0.6 is 0 Å². The van der Waals surface area contributed by atoms with Crippen LogP contribution in [0.15, 0.2) is 22.8 Å². The van der Waals surface area contributed by atoms with E-state index in [9.17, 15) is 4.79 Å². The molecule has 0 saturated carbocycles. The molecule has 0 bridgehead atoms. The lowest BCUT2D eigenvalue weighted by Gasteiger charge is -2.10. The van der Waals surface area contributed by atoms with Crippen LogP contribution < -0.4 is 10.6 Å². The lowest BCUT2D eigenvalue weighted by molar-refractivity contribution is -0.120. The van der Waals surface area contributed by atoms with Crippen molar-refractivity contribution in [1.82, 2.24) is 10.6 Å². The molecule has 1 amide bonds. The first-order chi connectivity index (χ1) is 7.24. The fraction of sp³-hybridized carbons (Fsp3) is 0.545. The van der Waals surface area contributed by atoms with Crippen LogP contribution in [0.5, 0.6) is 0 Å². The van der Waals surface area contributed by atoms with Crippen molar-refractivity contribution in [1.29, 1.82) is 0 Å². The number of hydrogen-bond acceptors (Lipinski definition) is 3. The summed E-state index contributed by atoms with van der Waals surface area (Å²) >= 11 is 0. The van der Waals surface area contributed by atoms with Crippen LogP contribution in [0.25, 0.3) is 0 Å². The highest BCUT2D eigenvalue weighted by Gasteiger charge is 2.06. The Kier molecular flexibility index (Phi) is 4.90. The minimum absolute atomic E-state index is 0.0856. The van der Waals surface area contributed by atoms with Crippen molar-refractivity contribution in [3.8, 4) is 0 Å². The number of furan rings is 1. The molecule has 1 aromatic heterocycles. The van der Waals surface area contributed by atoms with Crippen molar-refractivity contribution in [3.63, 3.8) is 0 Å². The van der Waals surface area contributed by atoms with E-state index in [0.717, 1.165) is 18.7 Å². The fourth-order valence-corrected chi connectivity index (χ4v) is 1.33. The first-order valence-electron chi connectivity index (χ1n) is 5.21. The Hall–Kier alpha value is -1.29. The van der Waals surface area contributed by atoms with Gasteiger partial charge in [-0.1, -0.05) is 0 Å². The molecule has 0 saturated heterocycles. The van der Waals surface area contributed by atoms with E-state index < -0.39 is 0 Å². The fourth-order valence-electron chi connectivity index (χ4n) is 1.33. The monoisotopic (exact) mass is 210 g/mol. The van der Waals surface area contributed by atoms with Gasteiger partial charge in [0.1, 0.15) is 5.76 Å². The van der Waals surface area contributed by atoms with Crippen LogP contribution in [-0.2, 0) is 4.79 Å². The van der Waals surface area contributed by atoms with Crippen molar-refractivity contribution in [2.75, 3.05) is 13.6 Å². The first kappa shape index (κ1) is 11.8. The number of amides is 1. The molecule has 15 heavy (non-hydrogen) atoms. The predicted molar refractivity (Wildman–Crippen MR) is 58.4 cm³/mol. The predicted octanol–water partition coefficient (Wildman–Crippen LogP) is 1.46. The Bertz CT molecular complexity index is 283. The van der Waals surface area contributed by atoms with E-state index in [1.807, 2.05) is 19.1 Å². The second-order valence-electron chi connectivity index (χ2n) is 3.47. The summed E-state index contributed by atoms with van der Waals surface area (Å²) < 4.78 is 5.25. The second-order valence-corrected chi connectivity index (χ2v) is 3.47. The summed E-state index contributed by atoms with van der Waals surface area (Å²) in [4.78, 5) is 10.9. The molecule has 1 atom stereocenters. The van der Waals surface area contributed by atoms with Gasteiger partial charge in [0.05, 0.1) is 12.3 Å². The molecule has 84 valence electrons. The van der Waals surface area contributed by atoms with Gasteiger partial charge in [0.25, 0.3) is 0 Å². The summed E-state index contributed by atoms with van der Waals surface area (Å²) in [5.74, 6) is 1.01. The van der Waals surface area contributed by atoms with Crippen molar-refractivity contribution in [2.24, 2.45) is 0 Å². The lowest BCUT2D eigenvalue weighted by atomic mass is 10.2. The van der Waals surface area contributed by atoms with Crippen LogP contribution in [0.1, 0.15) is 31.6 Å². The topological polar surface area (TPSA) is 54.3 Å². The van der Waals surface area contributed by atoms with Gasteiger partial charge in [0.2, 0.25) is 5.91 Å². The SMILES string of the molecule is CNC(=O)CCCNC(C)c1ccco1. The van der Waals surface area contributed by atoms with Crippen LogP contribution in [0.2, 0.25) is 0 Å². The molecular weight excluding hydrogens is 192 g/mol. The van der Waals surface area contributed by atoms with Gasteiger partial charge < -0.3 is 15.1 Å². The Morgan fingerprint density at radius 1 is 1.60 bits per heavy atom. The molecule has 4 nitrogen and oxygen atoms in total. The number of carbonyl (C=O) groups is 1. The average Bonchev–Trinajstić information content (AvgIpc) is 2.77. The van der Waals surface area contributed by atoms with Crippen LogP contribution in [0.4, 0.5) is 0 Å². The summed E-state index contributed by atoms with van der Waals surface area (Å²) in [5.41, 5.74) is 0. The maximum atomic E-state index is 10.9. The van der Waals surface area contributed by atoms with Crippen molar-refractivity contribution >= 4 is 5.91 Å². The van der Waals surface area contributed by atoms with Gasteiger partial charge in [-0.05, 0) is 32.0 Å². The average molecular weight is 210 g/mol. The number of hydrogen-bond donors (Lipinski definition) is 2. The van der Waals surface area contributed by atoms with Gasteiger partial charge >= 0.3 is 0 Å².